The Morgan fingerprint density at radius 2 is 1.54 bits per heavy atom. The van der Waals surface area contributed by atoms with Gasteiger partial charge >= 0.3 is 6.18 Å². The average Bonchev–Trinajstić information content (AvgIpc) is 2.64. The second-order valence-corrected chi connectivity index (χ2v) is 7.65. The van der Waals surface area contributed by atoms with Gasteiger partial charge in [-0.15, -0.1) is 0 Å². The van der Waals surface area contributed by atoms with Crippen molar-refractivity contribution < 1.29 is 35.8 Å². The quantitative estimate of drug-likeness (QED) is 0.709. The van der Waals surface area contributed by atoms with E-state index in [0.29, 0.717) is 23.1 Å². The first-order chi connectivity index (χ1) is 13.0. The van der Waals surface area contributed by atoms with Crippen molar-refractivity contribution in [2.45, 2.75) is 17.6 Å². The van der Waals surface area contributed by atoms with Gasteiger partial charge in [0.25, 0.3) is 0 Å². The molecule has 0 bridgehead atoms. The predicted molar refractivity (Wildman–Crippen MR) is 96.6 cm³/mol. The highest BCUT2D eigenvalue weighted by atomic mass is 35.5. The molecule has 2 aromatic rings. The summed E-state index contributed by atoms with van der Waals surface area (Å²) in [6.45, 7) is -0.341. The van der Waals surface area contributed by atoms with E-state index in [4.69, 9.17) is 25.8 Å². The van der Waals surface area contributed by atoms with E-state index in [1.807, 2.05) is 0 Å². The van der Waals surface area contributed by atoms with E-state index < -0.39 is 26.7 Å². The molecule has 6 nitrogen and oxygen atoms in total. The topological polar surface area (TPSA) is 73.9 Å². The van der Waals surface area contributed by atoms with Gasteiger partial charge in [0.2, 0.25) is 10.0 Å². The highest BCUT2D eigenvalue weighted by molar-refractivity contribution is 7.89. The number of hydrogen-bond acceptors (Lipinski definition) is 5. The van der Waals surface area contributed by atoms with Gasteiger partial charge < -0.3 is 14.2 Å². The van der Waals surface area contributed by atoms with Crippen LogP contribution >= 0.6 is 11.6 Å². The molecule has 2 aromatic carbocycles. The maximum atomic E-state index is 13.2. The minimum atomic E-state index is -4.89. The number of benzene rings is 2. The minimum absolute atomic E-state index is 0.229. The van der Waals surface area contributed by atoms with E-state index in [-0.39, 0.29) is 17.3 Å². The van der Waals surface area contributed by atoms with E-state index >= 15 is 0 Å². The van der Waals surface area contributed by atoms with Gasteiger partial charge in [-0.2, -0.15) is 13.2 Å². The first-order valence-electron chi connectivity index (χ1n) is 7.68. The van der Waals surface area contributed by atoms with Crippen molar-refractivity contribution in [3.8, 4) is 17.2 Å². The molecule has 0 aliphatic heterocycles. The lowest BCUT2D eigenvalue weighted by atomic mass is 10.1. The van der Waals surface area contributed by atoms with Crippen LogP contribution in [0, 0.1) is 0 Å². The third-order valence-corrected chi connectivity index (χ3v) is 5.47. The summed E-state index contributed by atoms with van der Waals surface area (Å²) in [6, 6.07) is 5.38. The van der Waals surface area contributed by atoms with Crippen LogP contribution in [0.5, 0.6) is 17.2 Å². The third kappa shape index (κ3) is 4.81. The second-order valence-electron chi connectivity index (χ2n) is 5.48. The molecule has 0 saturated carbocycles. The monoisotopic (exact) mass is 439 g/mol. The molecule has 28 heavy (non-hydrogen) atoms. The number of sulfonamides is 1. The SMILES string of the molecule is COc1cc(OC)c(OC)cc1CNS(=O)(=O)c1ccc(Cl)cc1C(F)(F)F. The number of rotatable bonds is 7. The summed E-state index contributed by atoms with van der Waals surface area (Å²) in [7, 11) is -0.338. The summed E-state index contributed by atoms with van der Waals surface area (Å²) in [4.78, 5) is -0.927. The first-order valence-corrected chi connectivity index (χ1v) is 9.55. The zero-order valence-electron chi connectivity index (χ0n) is 15.1. The zero-order valence-corrected chi connectivity index (χ0v) is 16.6. The smallest absolute Gasteiger partial charge is 0.417 e. The first kappa shape index (κ1) is 22.1. The standard InChI is InChI=1S/C17H17ClF3NO5S/c1-25-13-8-15(27-3)14(26-2)6-10(13)9-22-28(23,24)16-5-4-11(18)7-12(16)17(19,20)21/h4-8,22H,9H2,1-3H3. The predicted octanol–water partition coefficient (Wildman–Crippen LogP) is 3.86. The fourth-order valence-electron chi connectivity index (χ4n) is 2.44. The van der Waals surface area contributed by atoms with Crippen molar-refractivity contribution in [2.75, 3.05) is 21.3 Å². The molecular formula is C17H17ClF3NO5S. The van der Waals surface area contributed by atoms with Gasteiger partial charge in [-0.05, 0) is 24.3 Å². The van der Waals surface area contributed by atoms with Crippen LogP contribution in [0.2, 0.25) is 5.02 Å². The summed E-state index contributed by atoms with van der Waals surface area (Å²) in [5, 5.41) is -0.229. The molecule has 0 saturated heterocycles. The molecule has 154 valence electrons. The summed E-state index contributed by atoms with van der Waals surface area (Å²) in [5.41, 5.74) is -1.02. The molecule has 0 amide bonds. The van der Waals surface area contributed by atoms with Crippen LogP contribution in [-0.4, -0.2) is 29.7 Å². The Kier molecular flexibility index (Phi) is 6.68. The van der Waals surface area contributed by atoms with Gasteiger partial charge in [0.15, 0.2) is 11.5 Å². The summed E-state index contributed by atoms with van der Waals surface area (Å²) < 4.78 is 82.3. The molecule has 1 N–H and O–H groups in total. The van der Waals surface area contributed by atoms with Crippen LogP contribution in [-0.2, 0) is 22.7 Å². The van der Waals surface area contributed by atoms with E-state index in [1.165, 1.54) is 33.5 Å². The fourth-order valence-corrected chi connectivity index (χ4v) is 3.82. The Morgan fingerprint density at radius 3 is 2.07 bits per heavy atom. The van der Waals surface area contributed by atoms with Crippen LogP contribution in [0.15, 0.2) is 35.2 Å². The van der Waals surface area contributed by atoms with Crippen LogP contribution in [0.3, 0.4) is 0 Å². The van der Waals surface area contributed by atoms with Crippen molar-refractivity contribution in [3.05, 3.63) is 46.5 Å². The number of methoxy groups -OCH3 is 3. The van der Waals surface area contributed by atoms with Crippen molar-refractivity contribution in [2.24, 2.45) is 0 Å². The second kappa shape index (κ2) is 8.46. The Balaban J connectivity index is 2.40. The van der Waals surface area contributed by atoms with Crippen molar-refractivity contribution >= 4 is 21.6 Å². The molecule has 0 heterocycles. The number of nitrogens with one attached hydrogen (secondary N) is 1. The van der Waals surface area contributed by atoms with Gasteiger partial charge in [-0.3, -0.25) is 0 Å². The van der Waals surface area contributed by atoms with Crippen LogP contribution in [0.1, 0.15) is 11.1 Å². The molecule has 11 heteroatoms. The molecule has 0 atom stereocenters. The third-order valence-electron chi connectivity index (χ3n) is 3.78. The number of ether oxygens (including phenoxy) is 3. The molecule has 0 fully saturated rings. The van der Waals surface area contributed by atoms with Gasteiger partial charge in [-0.1, -0.05) is 11.6 Å². The van der Waals surface area contributed by atoms with E-state index in [1.54, 1.807) is 0 Å². The van der Waals surface area contributed by atoms with Crippen LogP contribution in [0.4, 0.5) is 13.2 Å². The fraction of sp³-hybridized carbons (Fsp3) is 0.294. The van der Waals surface area contributed by atoms with Crippen molar-refractivity contribution in [1.29, 1.82) is 0 Å². The normalized spacial score (nSPS) is 12.0. The maximum Gasteiger partial charge on any atom is 0.417 e. The molecular weight excluding hydrogens is 423 g/mol. The molecule has 2 rings (SSSR count). The van der Waals surface area contributed by atoms with E-state index in [0.717, 1.165) is 12.1 Å². The van der Waals surface area contributed by atoms with Crippen molar-refractivity contribution in [1.82, 2.24) is 4.72 Å². The molecule has 0 aromatic heterocycles. The maximum absolute atomic E-state index is 13.2. The Labute approximate surface area is 165 Å². The number of halogens is 4. The minimum Gasteiger partial charge on any atom is -0.496 e. The summed E-state index contributed by atoms with van der Waals surface area (Å²) >= 11 is 5.59. The highest BCUT2D eigenvalue weighted by Gasteiger charge is 2.37. The summed E-state index contributed by atoms with van der Waals surface area (Å²) in [6.07, 6.45) is -4.89. The average molecular weight is 440 g/mol. The van der Waals surface area contributed by atoms with E-state index in [2.05, 4.69) is 4.72 Å². The molecule has 0 radical (unpaired) electrons. The van der Waals surface area contributed by atoms with Gasteiger partial charge in [0, 0.05) is 23.2 Å². The summed E-state index contributed by atoms with van der Waals surface area (Å²) in [5.74, 6) is 0.926. The van der Waals surface area contributed by atoms with Gasteiger partial charge in [0.05, 0.1) is 31.8 Å². The molecule has 0 aliphatic carbocycles. The Morgan fingerprint density at radius 1 is 0.964 bits per heavy atom. The highest BCUT2D eigenvalue weighted by Crippen LogP contribution is 2.37. The van der Waals surface area contributed by atoms with Crippen LogP contribution < -0.4 is 18.9 Å². The largest absolute Gasteiger partial charge is 0.496 e. The molecule has 0 aliphatic rings. The number of hydrogen-bond donors (Lipinski definition) is 1. The Bertz CT molecular complexity index is 964. The lowest BCUT2D eigenvalue weighted by molar-refractivity contribution is -0.139. The van der Waals surface area contributed by atoms with Gasteiger partial charge in [0.1, 0.15) is 5.75 Å². The zero-order chi connectivity index (χ0) is 21.1. The molecule has 0 spiro atoms. The van der Waals surface area contributed by atoms with Crippen LogP contribution in [0.25, 0.3) is 0 Å². The van der Waals surface area contributed by atoms with Gasteiger partial charge in [-0.25, -0.2) is 13.1 Å². The lowest BCUT2D eigenvalue weighted by Gasteiger charge is -2.16. The van der Waals surface area contributed by atoms with Crippen molar-refractivity contribution in [3.63, 3.8) is 0 Å². The number of alkyl halides is 3. The van der Waals surface area contributed by atoms with E-state index in [9.17, 15) is 21.6 Å². The molecule has 0 unspecified atom stereocenters. The lowest BCUT2D eigenvalue weighted by Crippen LogP contribution is -2.26. The Hall–Kier alpha value is -2.17.